The van der Waals surface area contributed by atoms with E-state index in [2.05, 4.69) is 58.8 Å². The first kappa shape index (κ1) is 53.0. The van der Waals surface area contributed by atoms with Crippen LogP contribution in [0.5, 0.6) is 23.0 Å². The van der Waals surface area contributed by atoms with Gasteiger partial charge in [0.05, 0.1) is 31.3 Å². The van der Waals surface area contributed by atoms with E-state index in [0.717, 1.165) is 50.1 Å². The second kappa shape index (κ2) is 20.8. The largest absolute Gasteiger partial charge is 0.490 e. The van der Waals surface area contributed by atoms with E-state index in [1.54, 1.807) is 0 Å². The number of aliphatic hydroxyl groups excluding tert-OH is 6. The average molecular weight is 1090 g/mol. The number of aliphatic hydroxyl groups is 6. The summed E-state index contributed by atoms with van der Waals surface area (Å²) in [7, 11) is 7.21. The highest BCUT2D eigenvalue weighted by atomic mass is 33.1. The first-order valence-corrected chi connectivity index (χ1v) is 29.7. The molecular formula is C55H72N4O15S2. The molecule has 20 atom stereocenters. The summed E-state index contributed by atoms with van der Waals surface area (Å²) >= 11 is 0. The number of likely N-dealkylation sites (tertiary alicyclic amines) is 2. The van der Waals surface area contributed by atoms with Gasteiger partial charge >= 0.3 is 0 Å². The van der Waals surface area contributed by atoms with E-state index in [-0.39, 0.29) is 48.8 Å². The Morgan fingerprint density at radius 1 is 0.658 bits per heavy atom. The van der Waals surface area contributed by atoms with Gasteiger partial charge in [0.1, 0.15) is 54.9 Å². The Bertz CT molecular complexity index is 2440. The van der Waals surface area contributed by atoms with E-state index >= 15 is 0 Å². The van der Waals surface area contributed by atoms with Crippen molar-refractivity contribution in [2.24, 2.45) is 17.8 Å². The van der Waals surface area contributed by atoms with Crippen LogP contribution < -0.4 is 29.6 Å². The van der Waals surface area contributed by atoms with Crippen LogP contribution >= 0.6 is 21.6 Å². The summed E-state index contributed by atoms with van der Waals surface area (Å²) in [5, 5.41) is 72.2. The predicted octanol–water partition coefficient (Wildman–Crippen LogP) is 0.737. The normalized spacial score (nSPS) is 41.1. The van der Waals surface area contributed by atoms with Crippen LogP contribution in [-0.4, -0.2) is 209 Å². The SMILES string of the molecule is CCOc1ccc2c3c1O[C@H]1[C@@H](O[C@@H]4O[C@H](C(=O)NCCSSCCNC(=O)[C@H]5C[C@@H](O[C@H]6C=CC7[C@H]8Cc9ccc(OCC)c%10c9[C@@]7(CCN8C)[C@H]6O%10)[C@H](O)[C@@H](O)[C@@H]5O)[C@@H](O)[C@H](O)[C@H]4O)C=CC4[C@@H](C2)N(C)CC[C@@]341. The van der Waals surface area contributed by atoms with Crippen molar-refractivity contribution < 1.29 is 73.4 Å². The van der Waals surface area contributed by atoms with Gasteiger partial charge in [-0.15, -0.1) is 0 Å². The Morgan fingerprint density at radius 2 is 1.17 bits per heavy atom. The molecule has 2 amide bonds. The molecule has 2 unspecified atom stereocenters. The Hall–Kier alpha value is -3.68. The van der Waals surface area contributed by atoms with Gasteiger partial charge in [0.15, 0.2) is 35.4 Å². The van der Waals surface area contributed by atoms with Crippen molar-refractivity contribution in [2.45, 2.75) is 148 Å². The molecular weight excluding hydrogens is 1020 g/mol. The summed E-state index contributed by atoms with van der Waals surface area (Å²) in [5.74, 6) is 1.88. The van der Waals surface area contributed by atoms with Gasteiger partial charge in [0.2, 0.25) is 5.91 Å². The number of hydrogen-bond acceptors (Lipinski definition) is 19. The van der Waals surface area contributed by atoms with Crippen LogP contribution in [0.25, 0.3) is 0 Å². The third-order valence-corrected chi connectivity index (χ3v) is 21.1. The first-order valence-electron chi connectivity index (χ1n) is 27.2. The monoisotopic (exact) mass is 1090 g/mol. The predicted molar refractivity (Wildman–Crippen MR) is 279 cm³/mol. The lowest BCUT2D eigenvalue weighted by Gasteiger charge is -2.57. The highest BCUT2D eigenvalue weighted by Crippen LogP contribution is 2.65. The molecule has 19 nitrogen and oxygen atoms in total. The summed E-state index contributed by atoms with van der Waals surface area (Å²) in [6.07, 6.45) is -4.16. The number of rotatable bonds is 17. The minimum absolute atomic E-state index is 0.0202. The molecule has 5 aliphatic heterocycles. The van der Waals surface area contributed by atoms with Crippen molar-refractivity contribution >= 4 is 33.4 Å². The van der Waals surface area contributed by atoms with Crippen molar-refractivity contribution in [3.8, 4) is 23.0 Å². The molecule has 76 heavy (non-hydrogen) atoms. The second-order valence-electron chi connectivity index (χ2n) is 22.4. The minimum atomic E-state index is -1.73. The summed E-state index contributed by atoms with van der Waals surface area (Å²) in [6.45, 7) is 7.00. The molecule has 414 valence electrons. The quantitative estimate of drug-likeness (QED) is 0.0618. The molecule has 0 aromatic heterocycles. The van der Waals surface area contributed by atoms with Crippen molar-refractivity contribution in [1.29, 1.82) is 0 Å². The molecule has 4 bridgehead atoms. The zero-order valence-corrected chi connectivity index (χ0v) is 44.9. The first-order chi connectivity index (χ1) is 36.7. The molecule has 5 aliphatic carbocycles. The van der Waals surface area contributed by atoms with Crippen LogP contribution in [0.4, 0.5) is 0 Å². The van der Waals surface area contributed by atoms with Crippen molar-refractivity contribution in [2.75, 3.05) is 65.0 Å². The Kier molecular flexibility index (Phi) is 14.5. The topological polar surface area (TPSA) is 251 Å². The number of benzene rings is 2. The lowest BCUT2D eigenvalue weighted by atomic mass is 9.53. The molecule has 8 N–H and O–H groups in total. The fourth-order valence-electron chi connectivity index (χ4n) is 15.1. The maximum Gasteiger partial charge on any atom is 0.252 e. The van der Waals surface area contributed by atoms with Gasteiger partial charge in [-0.2, -0.15) is 0 Å². The summed E-state index contributed by atoms with van der Waals surface area (Å²) in [6, 6.07) is 8.78. The third-order valence-electron chi connectivity index (χ3n) is 18.6. The van der Waals surface area contributed by atoms with Gasteiger partial charge in [0.25, 0.3) is 5.91 Å². The van der Waals surface area contributed by atoms with Crippen LogP contribution in [0.15, 0.2) is 48.6 Å². The molecule has 4 fully saturated rings. The molecule has 3 saturated heterocycles. The lowest BCUT2D eigenvalue weighted by molar-refractivity contribution is -0.304. The van der Waals surface area contributed by atoms with E-state index in [0.29, 0.717) is 42.0 Å². The van der Waals surface area contributed by atoms with Crippen molar-refractivity contribution in [3.05, 3.63) is 70.8 Å². The van der Waals surface area contributed by atoms with Crippen molar-refractivity contribution in [3.63, 3.8) is 0 Å². The zero-order chi connectivity index (χ0) is 52.9. The molecule has 21 heteroatoms. The second-order valence-corrected chi connectivity index (χ2v) is 25.1. The van der Waals surface area contributed by atoms with E-state index in [1.807, 2.05) is 38.1 Å². The number of piperidine rings is 2. The van der Waals surface area contributed by atoms with Crippen LogP contribution in [0.2, 0.25) is 0 Å². The molecule has 2 spiro atoms. The van der Waals surface area contributed by atoms with Gasteiger partial charge in [-0.3, -0.25) is 9.59 Å². The maximum atomic E-state index is 13.6. The fourth-order valence-corrected chi connectivity index (χ4v) is 16.9. The molecule has 2 aromatic carbocycles. The lowest BCUT2D eigenvalue weighted by Crippen LogP contribution is -2.66. The standard InChI is InChI=1S/C55H72N4O15S2/c1-5-68-33-11-7-26-23-31-29-9-13-35(49-54(29,15-19-58(31)3)38(26)46(33)72-49)70-37-25-28(40(60)42(62)41(37)61)51(66)56-17-21-75-76-22-18-57-52(67)48-44(64)43(63)45(65)53(74-48)71-36-14-10-30-32-24-27-8-12-34(69-6-2)47-39(27)55(30,50(36)73-47)16-20-59(32)4/h7-14,28-32,35-37,40-45,48-50,53,60-65H,5-6,15-25H2,1-4H3,(H,56,66)(H,57,67)/t28-,29?,30?,31+,32+,35-,36-,37+,40+,41-,42-,43-,44-,45+,48-,49-,50-,53+,54-,55-/m0/s1. The number of hydrogen-bond donors (Lipinski definition) is 8. The number of nitrogens with one attached hydrogen (secondary N) is 2. The number of carbonyl (C=O) groups is 2. The maximum absolute atomic E-state index is 13.6. The third kappa shape index (κ3) is 8.34. The van der Waals surface area contributed by atoms with Gasteiger partial charge in [0, 0.05) is 70.5 Å². The molecule has 0 radical (unpaired) electrons. The highest BCUT2D eigenvalue weighted by molar-refractivity contribution is 8.76. The molecule has 12 rings (SSSR count). The Morgan fingerprint density at radius 3 is 1.71 bits per heavy atom. The number of likely N-dealkylation sites (N-methyl/N-ethyl adjacent to an activating group) is 2. The van der Waals surface area contributed by atoms with E-state index < -0.39 is 103 Å². The summed E-state index contributed by atoms with van der Waals surface area (Å²) in [4.78, 5) is 32.0. The zero-order valence-electron chi connectivity index (χ0n) is 43.3. The average Bonchev–Trinajstić information content (AvgIpc) is 4.10. The van der Waals surface area contributed by atoms with E-state index in [1.165, 1.54) is 38.3 Å². The Balaban J connectivity index is 0.618. The smallest absolute Gasteiger partial charge is 0.252 e. The molecule has 10 aliphatic rings. The molecule has 2 aromatic rings. The van der Waals surface area contributed by atoms with E-state index in [4.69, 9.17) is 33.2 Å². The number of amides is 2. The minimum Gasteiger partial charge on any atom is -0.490 e. The van der Waals surface area contributed by atoms with Crippen LogP contribution in [0.1, 0.15) is 55.4 Å². The summed E-state index contributed by atoms with van der Waals surface area (Å²) < 4.78 is 44.9. The van der Waals surface area contributed by atoms with Gasteiger partial charge in [-0.1, -0.05) is 58.0 Å². The van der Waals surface area contributed by atoms with Gasteiger partial charge in [-0.05, 0) is 96.4 Å². The van der Waals surface area contributed by atoms with Gasteiger partial charge < -0.3 is 84.2 Å². The summed E-state index contributed by atoms with van der Waals surface area (Å²) in [5.41, 5.74) is 4.00. The molecule has 5 heterocycles. The van der Waals surface area contributed by atoms with E-state index in [9.17, 15) is 40.2 Å². The van der Waals surface area contributed by atoms with Gasteiger partial charge in [-0.25, -0.2) is 0 Å². The van der Waals surface area contributed by atoms with Crippen LogP contribution in [0, 0.1) is 17.8 Å². The number of ether oxygens (including phenoxy) is 7. The Labute approximate surface area is 450 Å². The van der Waals surface area contributed by atoms with Crippen LogP contribution in [-0.2, 0) is 47.5 Å². The molecule has 1 saturated carbocycles. The number of carbonyl (C=O) groups excluding carboxylic acids is 2. The van der Waals surface area contributed by atoms with Crippen molar-refractivity contribution in [1.82, 2.24) is 20.4 Å². The van der Waals surface area contributed by atoms with Crippen LogP contribution in [0.3, 0.4) is 0 Å². The number of nitrogens with zero attached hydrogens (tertiary/aromatic N) is 2. The highest BCUT2D eigenvalue weighted by Gasteiger charge is 2.67. The fraction of sp³-hybridized carbons (Fsp3) is 0.673.